The minimum atomic E-state index is -0.234. The van der Waals surface area contributed by atoms with Crippen molar-refractivity contribution in [3.05, 3.63) is 53.2 Å². The van der Waals surface area contributed by atoms with Crippen molar-refractivity contribution < 1.29 is 9.53 Å². The molecule has 1 aliphatic heterocycles. The van der Waals surface area contributed by atoms with Crippen LogP contribution in [-0.4, -0.2) is 41.4 Å². The van der Waals surface area contributed by atoms with Gasteiger partial charge in [0, 0.05) is 38.3 Å². The summed E-state index contributed by atoms with van der Waals surface area (Å²) in [6.07, 6.45) is 4.24. The van der Waals surface area contributed by atoms with E-state index < -0.39 is 0 Å². The molecule has 2 heterocycles. The van der Waals surface area contributed by atoms with Crippen molar-refractivity contribution in [2.24, 2.45) is 16.6 Å². The number of benzene rings is 1. The molecule has 1 amide bonds. The highest BCUT2D eigenvalue weighted by atomic mass is 16.5. The molecule has 7 nitrogen and oxygen atoms in total. The molecule has 0 bridgehead atoms. The predicted molar refractivity (Wildman–Crippen MR) is 123 cm³/mol. The largest absolute Gasteiger partial charge is 0.439 e. The number of amides is 1. The lowest BCUT2D eigenvalue weighted by Crippen LogP contribution is -2.47. The van der Waals surface area contributed by atoms with Gasteiger partial charge in [-0.05, 0) is 74.4 Å². The zero-order valence-corrected chi connectivity index (χ0v) is 18.7. The van der Waals surface area contributed by atoms with E-state index in [9.17, 15) is 4.79 Å². The van der Waals surface area contributed by atoms with E-state index in [1.807, 2.05) is 30.3 Å². The van der Waals surface area contributed by atoms with Gasteiger partial charge in [0.25, 0.3) is 0 Å². The number of carbonyl (C=O) groups excluding carboxylic acids is 1. The van der Waals surface area contributed by atoms with E-state index in [1.54, 1.807) is 6.20 Å². The number of nitrogens with two attached hydrogens (primary N) is 1. The first-order valence-corrected chi connectivity index (χ1v) is 11.0. The van der Waals surface area contributed by atoms with Crippen LogP contribution in [0.3, 0.4) is 0 Å². The van der Waals surface area contributed by atoms with E-state index in [0.717, 1.165) is 49.7 Å². The Morgan fingerprint density at radius 2 is 2.13 bits per heavy atom. The first-order valence-electron chi connectivity index (χ1n) is 11.0. The number of guanidine groups is 1. The number of pyridine rings is 1. The van der Waals surface area contributed by atoms with Crippen LogP contribution < -0.4 is 15.8 Å². The number of primary amides is 1. The second kappa shape index (κ2) is 10.8. The fourth-order valence-corrected chi connectivity index (χ4v) is 3.80. The number of likely N-dealkylation sites (tertiary alicyclic amines) is 1. The summed E-state index contributed by atoms with van der Waals surface area (Å²) in [5.41, 5.74) is 8.84. The second-order valence-electron chi connectivity index (χ2n) is 8.15. The van der Waals surface area contributed by atoms with Crippen LogP contribution in [0.25, 0.3) is 0 Å². The second-order valence-corrected chi connectivity index (χ2v) is 8.15. The molecule has 1 aromatic carbocycles. The Morgan fingerprint density at radius 1 is 1.29 bits per heavy atom. The molecule has 0 aliphatic carbocycles. The Labute approximate surface area is 184 Å². The van der Waals surface area contributed by atoms with E-state index >= 15 is 0 Å². The summed E-state index contributed by atoms with van der Waals surface area (Å²) < 4.78 is 5.95. The third-order valence-corrected chi connectivity index (χ3v) is 5.55. The fourth-order valence-electron chi connectivity index (χ4n) is 3.80. The summed E-state index contributed by atoms with van der Waals surface area (Å²) >= 11 is 0. The molecule has 2 aromatic rings. The van der Waals surface area contributed by atoms with Gasteiger partial charge in [-0.2, -0.15) is 0 Å². The highest BCUT2D eigenvalue weighted by Crippen LogP contribution is 2.23. The van der Waals surface area contributed by atoms with Gasteiger partial charge in [-0.15, -0.1) is 0 Å². The van der Waals surface area contributed by atoms with Crippen LogP contribution in [0.2, 0.25) is 0 Å². The van der Waals surface area contributed by atoms with Crippen LogP contribution in [0.4, 0.5) is 0 Å². The topological polar surface area (TPSA) is 92.8 Å². The van der Waals surface area contributed by atoms with Crippen molar-refractivity contribution in [3.63, 3.8) is 0 Å². The molecule has 0 saturated carbocycles. The number of piperidine rings is 1. The Bertz CT molecular complexity index is 928. The monoisotopic (exact) mass is 423 g/mol. The number of aromatic nitrogens is 1. The summed E-state index contributed by atoms with van der Waals surface area (Å²) in [6, 6.07) is 9.90. The van der Waals surface area contributed by atoms with Crippen LogP contribution in [0.5, 0.6) is 11.6 Å². The van der Waals surface area contributed by atoms with E-state index in [0.29, 0.717) is 18.8 Å². The van der Waals surface area contributed by atoms with E-state index in [-0.39, 0.29) is 11.8 Å². The average Bonchev–Trinajstić information content (AvgIpc) is 2.74. The third kappa shape index (κ3) is 6.70. The fraction of sp³-hybridized carbons (Fsp3) is 0.458. The summed E-state index contributed by atoms with van der Waals surface area (Å²) in [5.74, 6) is 2.25. The highest BCUT2D eigenvalue weighted by Gasteiger charge is 2.23. The lowest BCUT2D eigenvalue weighted by atomic mass is 9.95. The van der Waals surface area contributed by atoms with Crippen molar-refractivity contribution in [1.29, 1.82) is 0 Å². The number of aryl methyl sites for hydroxylation is 2. The maximum absolute atomic E-state index is 11.3. The maximum Gasteiger partial charge on any atom is 0.219 e. The number of nitrogens with one attached hydrogen (secondary N) is 1. The van der Waals surface area contributed by atoms with Gasteiger partial charge in [-0.1, -0.05) is 6.07 Å². The van der Waals surface area contributed by atoms with Crippen LogP contribution in [0, 0.1) is 19.8 Å². The van der Waals surface area contributed by atoms with Gasteiger partial charge in [0.15, 0.2) is 5.96 Å². The van der Waals surface area contributed by atoms with E-state index in [4.69, 9.17) is 15.5 Å². The van der Waals surface area contributed by atoms with Gasteiger partial charge in [0.05, 0.1) is 6.54 Å². The SMILES string of the molecule is CCNC(=NCc1ccnc(Oc2ccc(C)c(C)c2)c1)N1CCCC(CC(N)=O)C1. The van der Waals surface area contributed by atoms with Gasteiger partial charge in [-0.3, -0.25) is 4.79 Å². The van der Waals surface area contributed by atoms with Gasteiger partial charge >= 0.3 is 0 Å². The minimum Gasteiger partial charge on any atom is -0.439 e. The smallest absolute Gasteiger partial charge is 0.219 e. The molecule has 166 valence electrons. The number of hydrogen-bond acceptors (Lipinski definition) is 4. The van der Waals surface area contributed by atoms with Crippen molar-refractivity contribution in [1.82, 2.24) is 15.2 Å². The van der Waals surface area contributed by atoms with Crippen LogP contribution in [0.1, 0.15) is 42.9 Å². The van der Waals surface area contributed by atoms with Gasteiger partial charge < -0.3 is 20.7 Å². The van der Waals surface area contributed by atoms with E-state index in [2.05, 4.69) is 36.0 Å². The normalized spacial score (nSPS) is 16.8. The Morgan fingerprint density at radius 3 is 2.87 bits per heavy atom. The number of rotatable bonds is 7. The number of carbonyl (C=O) groups is 1. The van der Waals surface area contributed by atoms with E-state index in [1.165, 1.54) is 11.1 Å². The molecule has 1 saturated heterocycles. The lowest BCUT2D eigenvalue weighted by molar-refractivity contribution is -0.119. The molecular formula is C24H33N5O2. The number of nitrogens with zero attached hydrogens (tertiary/aromatic N) is 3. The van der Waals surface area contributed by atoms with Crippen LogP contribution in [0.15, 0.2) is 41.5 Å². The van der Waals surface area contributed by atoms with Crippen molar-refractivity contribution in [3.8, 4) is 11.6 Å². The molecule has 3 rings (SSSR count). The summed E-state index contributed by atoms with van der Waals surface area (Å²) in [6.45, 7) is 9.24. The molecule has 1 unspecified atom stereocenters. The molecular weight excluding hydrogens is 390 g/mol. The van der Waals surface area contributed by atoms with Gasteiger partial charge in [0.2, 0.25) is 11.8 Å². The van der Waals surface area contributed by atoms with Crippen molar-refractivity contribution >= 4 is 11.9 Å². The first kappa shape index (κ1) is 22.6. The molecule has 1 aromatic heterocycles. The Hall–Kier alpha value is -3.09. The first-order chi connectivity index (χ1) is 14.9. The highest BCUT2D eigenvalue weighted by molar-refractivity contribution is 5.80. The third-order valence-electron chi connectivity index (χ3n) is 5.55. The predicted octanol–water partition coefficient (Wildman–Crippen LogP) is 3.54. The lowest BCUT2D eigenvalue weighted by Gasteiger charge is -2.34. The summed E-state index contributed by atoms with van der Waals surface area (Å²) in [7, 11) is 0. The molecule has 1 aliphatic rings. The molecule has 31 heavy (non-hydrogen) atoms. The summed E-state index contributed by atoms with van der Waals surface area (Å²) in [4.78, 5) is 22.7. The number of aliphatic imine (C=N–C) groups is 1. The Balaban J connectivity index is 1.68. The Kier molecular flexibility index (Phi) is 7.87. The van der Waals surface area contributed by atoms with Crippen LogP contribution in [-0.2, 0) is 11.3 Å². The van der Waals surface area contributed by atoms with Crippen LogP contribution >= 0.6 is 0 Å². The molecule has 0 radical (unpaired) electrons. The quantitative estimate of drug-likeness (QED) is 0.525. The maximum atomic E-state index is 11.3. The average molecular weight is 424 g/mol. The molecule has 1 fully saturated rings. The van der Waals surface area contributed by atoms with Crippen molar-refractivity contribution in [2.75, 3.05) is 19.6 Å². The molecule has 0 spiro atoms. The van der Waals surface area contributed by atoms with Gasteiger partial charge in [0.1, 0.15) is 5.75 Å². The van der Waals surface area contributed by atoms with Gasteiger partial charge in [-0.25, -0.2) is 9.98 Å². The summed E-state index contributed by atoms with van der Waals surface area (Å²) in [5, 5.41) is 3.38. The number of ether oxygens (including phenoxy) is 1. The molecule has 3 N–H and O–H groups in total. The zero-order valence-electron chi connectivity index (χ0n) is 18.7. The minimum absolute atomic E-state index is 0.234. The van der Waals surface area contributed by atoms with Crippen molar-refractivity contribution in [2.45, 2.75) is 46.6 Å². The number of hydrogen-bond donors (Lipinski definition) is 2. The standard InChI is InChI=1S/C24H33N5O2/c1-4-26-24(29-11-5-6-20(16-29)13-22(25)30)28-15-19-9-10-27-23(14-19)31-21-8-7-17(2)18(3)12-21/h7-10,12,14,20H,4-6,11,13,15-16H2,1-3H3,(H2,25,30)(H,26,28). The molecule has 7 heteroatoms. The zero-order chi connectivity index (χ0) is 22.2. The molecule has 1 atom stereocenters.